The van der Waals surface area contributed by atoms with Crippen molar-refractivity contribution < 1.29 is 13.9 Å². The molecule has 6 nitrogen and oxygen atoms in total. The molecule has 156 valence electrons. The Morgan fingerprint density at radius 3 is 2.73 bits per heavy atom. The van der Waals surface area contributed by atoms with Gasteiger partial charge in [-0.3, -0.25) is 9.69 Å². The second kappa shape index (κ2) is 10.2. The minimum absolute atomic E-state index is 0.00774. The van der Waals surface area contributed by atoms with Gasteiger partial charge in [0.2, 0.25) is 5.91 Å². The van der Waals surface area contributed by atoms with Crippen molar-refractivity contribution in [2.45, 2.75) is 25.8 Å². The molecule has 1 N–H and O–H groups in total. The Balaban J connectivity index is 1.23. The second-order valence-electron chi connectivity index (χ2n) is 7.47. The summed E-state index contributed by atoms with van der Waals surface area (Å²) in [5, 5.41) is 3.00. The molecule has 1 saturated heterocycles. The molecule has 0 radical (unpaired) electrons. The lowest BCUT2D eigenvalue weighted by molar-refractivity contribution is -0.116. The van der Waals surface area contributed by atoms with Crippen molar-refractivity contribution in [1.82, 2.24) is 9.88 Å². The zero-order chi connectivity index (χ0) is 20.6. The lowest BCUT2D eigenvalue weighted by Gasteiger charge is -2.26. The van der Waals surface area contributed by atoms with Gasteiger partial charge in [0.1, 0.15) is 0 Å². The number of morpholine rings is 1. The maximum atomic E-state index is 12.3. The minimum atomic E-state index is 0.00774. The number of hydrogen-bond donors (Lipinski definition) is 1. The van der Waals surface area contributed by atoms with Crippen LogP contribution in [0.3, 0.4) is 0 Å². The van der Waals surface area contributed by atoms with Crippen molar-refractivity contribution in [2.24, 2.45) is 0 Å². The molecule has 0 saturated carbocycles. The summed E-state index contributed by atoms with van der Waals surface area (Å²) in [4.78, 5) is 19.0. The Labute approximate surface area is 176 Å². The van der Waals surface area contributed by atoms with Gasteiger partial charge in [-0.15, -0.1) is 0 Å². The van der Waals surface area contributed by atoms with E-state index in [2.05, 4.69) is 21.3 Å². The molecular formula is C24H27N3O3. The molecule has 1 fully saturated rings. The number of anilines is 1. The van der Waals surface area contributed by atoms with Crippen molar-refractivity contribution in [2.75, 3.05) is 31.6 Å². The summed E-state index contributed by atoms with van der Waals surface area (Å²) in [5.74, 6) is 1.43. The van der Waals surface area contributed by atoms with Crippen LogP contribution in [0.15, 0.2) is 65.2 Å². The first-order valence-electron chi connectivity index (χ1n) is 10.5. The van der Waals surface area contributed by atoms with E-state index in [4.69, 9.17) is 9.15 Å². The quantitative estimate of drug-likeness (QED) is 0.610. The molecule has 2 heterocycles. The van der Waals surface area contributed by atoms with E-state index in [1.807, 2.05) is 48.5 Å². The fraction of sp³-hybridized carbons (Fsp3) is 0.333. The molecule has 0 aliphatic carbocycles. The standard InChI is InChI=1S/C24H27N3O3/c28-23(10-5-11-24-25-17-22(30-24)20-7-2-1-3-8-20)26-21-9-4-6-19(16-21)18-27-12-14-29-15-13-27/h1-4,6-9,16-17H,5,10-15,18H2,(H,26,28). The van der Waals surface area contributed by atoms with Gasteiger partial charge in [-0.05, 0) is 24.1 Å². The molecule has 0 unspecified atom stereocenters. The lowest BCUT2D eigenvalue weighted by Crippen LogP contribution is -2.35. The first-order chi connectivity index (χ1) is 14.8. The van der Waals surface area contributed by atoms with Gasteiger partial charge in [-0.2, -0.15) is 0 Å². The SMILES string of the molecule is O=C(CCCc1ncc(-c2ccccc2)o1)Nc1cccc(CN2CCOCC2)c1. The number of carbonyl (C=O) groups is 1. The molecular weight excluding hydrogens is 378 g/mol. The normalized spacial score (nSPS) is 14.5. The lowest BCUT2D eigenvalue weighted by atomic mass is 10.1. The molecule has 2 aromatic carbocycles. The minimum Gasteiger partial charge on any atom is -0.441 e. The highest BCUT2D eigenvalue weighted by atomic mass is 16.5. The molecule has 0 atom stereocenters. The summed E-state index contributed by atoms with van der Waals surface area (Å²) in [7, 11) is 0. The van der Waals surface area contributed by atoms with Crippen LogP contribution in [0, 0.1) is 0 Å². The number of benzene rings is 2. The van der Waals surface area contributed by atoms with Crippen LogP contribution in [0.4, 0.5) is 5.69 Å². The van der Waals surface area contributed by atoms with E-state index >= 15 is 0 Å². The number of aromatic nitrogens is 1. The van der Waals surface area contributed by atoms with E-state index in [-0.39, 0.29) is 5.91 Å². The van der Waals surface area contributed by atoms with Crippen molar-refractivity contribution in [3.05, 3.63) is 72.2 Å². The van der Waals surface area contributed by atoms with Gasteiger partial charge < -0.3 is 14.5 Å². The van der Waals surface area contributed by atoms with Gasteiger partial charge in [-0.1, -0.05) is 42.5 Å². The van der Waals surface area contributed by atoms with Gasteiger partial charge in [-0.25, -0.2) is 4.98 Å². The van der Waals surface area contributed by atoms with Crippen LogP contribution in [0.1, 0.15) is 24.3 Å². The fourth-order valence-corrected chi connectivity index (χ4v) is 3.55. The van der Waals surface area contributed by atoms with E-state index in [0.29, 0.717) is 25.2 Å². The summed E-state index contributed by atoms with van der Waals surface area (Å²) < 4.78 is 11.2. The topological polar surface area (TPSA) is 67.6 Å². The van der Waals surface area contributed by atoms with Crippen LogP contribution in [0.5, 0.6) is 0 Å². The third-order valence-corrected chi connectivity index (χ3v) is 5.13. The predicted molar refractivity (Wildman–Crippen MR) is 116 cm³/mol. The Kier molecular flexibility index (Phi) is 6.90. The number of amides is 1. The van der Waals surface area contributed by atoms with E-state index in [0.717, 1.165) is 49.9 Å². The summed E-state index contributed by atoms with van der Waals surface area (Å²) >= 11 is 0. The van der Waals surface area contributed by atoms with E-state index in [9.17, 15) is 4.79 Å². The number of ether oxygens (including phenoxy) is 1. The van der Waals surface area contributed by atoms with E-state index in [1.165, 1.54) is 5.56 Å². The van der Waals surface area contributed by atoms with Crippen LogP contribution < -0.4 is 5.32 Å². The van der Waals surface area contributed by atoms with Crippen molar-refractivity contribution >= 4 is 11.6 Å². The van der Waals surface area contributed by atoms with Crippen LogP contribution >= 0.6 is 0 Å². The maximum absolute atomic E-state index is 12.3. The zero-order valence-corrected chi connectivity index (χ0v) is 17.0. The number of carbonyl (C=O) groups excluding carboxylic acids is 1. The average Bonchev–Trinajstić information content (AvgIpc) is 3.24. The van der Waals surface area contributed by atoms with Gasteiger partial charge in [0, 0.05) is 43.7 Å². The summed E-state index contributed by atoms with van der Waals surface area (Å²) in [5.41, 5.74) is 3.04. The number of hydrogen-bond acceptors (Lipinski definition) is 5. The molecule has 6 heteroatoms. The third kappa shape index (κ3) is 5.78. The summed E-state index contributed by atoms with van der Waals surface area (Å²) in [6.07, 6.45) is 3.49. The van der Waals surface area contributed by atoms with Crippen LogP contribution in [0.2, 0.25) is 0 Å². The zero-order valence-electron chi connectivity index (χ0n) is 17.0. The van der Waals surface area contributed by atoms with Crippen molar-refractivity contribution in [3.63, 3.8) is 0 Å². The number of oxazole rings is 1. The van der Waals surface area contributed by atoms with Crippen LogP contribution in [-0.2, 0) is 22.5 Å². The van der Waals surface area contributed by atoms with E-state index < -0.39 is 0 Å². The number of nitrogens with zero attached hydrogens (tertiary/aromatic N) is 2. The van der Waals surface area contributed by atoms with Crippen LogP contribution in [-0.4, -0.2) is 42.1 Å². The highest BCUT2D eigenvalue weighted by Crippen LogP contribution is 2.20. The van der Waals surface area contributed by atoms with Gasteiger partial charge in [0.25, 0.3) is 0 Å². The van der Waals surface area contributed by atoms with Crippen LogP contribution in [0.25, 0.3) is 11.3 Å². The predicted octanol–water partition coefficient (Wildman–Crippen LogP) is 4.14. The molecule has 1 aliphatic rings. The smallest absolute Gasteiger partial charge is 0.224 e. The highest BCUT2D eigenvalue weighted by molar-refractivity contribution is 5.90. The monoisotopic (exact) mass is 405 g/mol. The molecule has 1 aromatic heterocycles. The Bertz CT molecular complexity index is 949. The Morgan fingerprint density at radius 1 is 1.07 bits per heavy atom. The first-order valence-corrected chi connectivity index (χ1v) is 10.5. The first kappa shape index (κ1) is 20.3. The van der Waals surface area contributed by atoms with Gasteiger partial charge in [0.15, 0.2) is 11.7 Å². The Morgan fingerprint density at radius 2 is 1.90 bits per heavy atom. The number of nitrogens with one attached hydrogen (secondary N) is 1. The Hall–Kier alpha value is -2.96. The van der Waals surface area contributed by atoms with Gasteiger partial charge >= 0.3 is 0 Å². The molecule has 0 spiro atoms. The van der Waals surface area contributed by atoms with Crippen molar-refractivity contribution in [3.8, 4) is 11.3 Å². The maximum Gasteiger partial charge on any atom is 0.224 e. The van der Waals surface area contributed by atoms with Gasteiger partial charge in [0.05, 0.1) is 19.4 Å². The second-order valence-corrected chi connectivity index (χ2v) is 7.47. The summed E-state index contributed by atoms with van der Waals surface area (Å²) in [6, 6.07) is 18.0. The molecule has 3 aromatic rings. The molecule has 1 amide bonds. The van der Waals surface area contributed by atoms with Crippen molar-refractivity contribution in [1.29, 1.82) is 0 Å². The third-order valence-electron chi connectivity index (χ3n) is 5.13. The molecule has 4 rings (SSSR count). The largest absolute Gasteiger partial charge is 0.441 e. The average molecular weight is 405 g/mol. The number of rotatable bonds is 8. The number of aryl methyl sites for hydroxylation is 1. The molecule has 30 heavy (non-hydrogen) atoms. The summed E-state index contributed by atoms with van der Waals surface area (Å²) in [6.45, 7) is 4.34. The highest BCUT2D eigenvalue weighted by Gasteiger charge is 2.12. The fourth-order valence-electron chi connectivity index (χ4n) is 3.55. The molecule has 1 aliphatic heterocycles. The van der Waals surface area contributed by atoms with E-state index in [1.54, 1.807) is 6.20 Å². The molecule has 0 bridgehead atoms.